The standard InChI is InChI=1S/C16H18ClNO3S/c1-16(19,12-4-3-5-13(17)10-12)11-18-14-6-8-15(9-7-14)22(2,20)21/h3-10,18-19H,11H2,1-2H3. The third-order valence-electron chi connectivity index (χ3n) is 3.37. The zero-order valence-electron chi connectivity index (χ0n) is 12.4. The number of halogens is 1. The summed E-state index contributed by atoms with van der Waals surface area (Å²) in [6.07, 6.45) is 1.17. The van der Waals surface area contributed by atoms with E-state index in [0.717, 1.165) is 5.69 Å². The highest BCUT2D eigenvalue weighted by molar-refractivity contribution is 7.90. The van der Waals surface area contributed by atoms with Crippen molar-refractivity contribution in [2.24, 2.45) is 0 Å². The van der Waals surface area contributed by atoms with Crippen LogP contribution in [0.1, 0.15) is 12.5 Å². The van der Waals surface area contributed by atoms with Crippen molar-refractivity contribution in [3.05, 3.63) is 59.1 Å². The molecule has 6 heteroatoms. The topological polar surface area (TPSA) is 66.4 Å². The van der Waals surface area contributed by atoms with E-state index in [4.69, 9.17) is 11.6 Å². The second kappa shape index (κ2) is 6.28. The summed E-state index contributed by atoms with van der Waals surface area (Å²) in [4.78, 5) is 0.264. The van der Waals surface area contributed by atoms with Gasteiger partial charge in [-0.1, -0.05) is 23.7 Å². The van der Waals surface area contributed by atoms with E-state index in [1.165, 1.54) is 18.4 Å². The van der Waals surface area contributed by atoms with Gasteiger partial charge in [0.2, 0.25) is 0 Å². The maximum absolute atomic E-state index is 11.4. The van der Waals surface area contributed by atoms with E-state index in [1.807, 2.05) is 0 Å². The first-order valence-electron chi connectivity index (χ1n) is 6.71. The van der Waals surface area contributed by atoms with Gasteiger partial charge >= 0.3 is 0 Å². The Kier molecular flexibility index (Phi) is 4.80. The Morgan fingerprint density at radius 2 is 1.82 bits per heavy atom. The zero-order chi connectivity index (χ0) is 16.4. The van der Waals surface area contributed by atoms with Gasteiger partial charge in [-0.3, -0.25) is 0 Å². The van der Waals surface area contributed by atoms with Gasteiger partial charge in [0.05, 0.1) is 4.90 Å². The first kappa shape index (κ1) is 16.8. The predicted octanol–water partition coefficient (Wildman–Crippen LogP) is 3.06. The van der Waals surface area contributed by atoms with Crippen molar-refractivity contribution in [2.45, 2.75) is 17.4 Å². The first-order valence-corrected chi connectivity index (χ1v) is 8.98. The lowest BCUT2D eigenvalue weighted by atomic mass is 9.96. The third-order valence-corrected chi connectivity index (χ3v) is 4.73. The molecular weight excluding hydrogens is 322 g/mol. The number of rotatable bonds is 5. The largest absolute Gasteiger partial charge is 0.384 e. The molecule has 2 N–H and O–H groups in total. The van der Waals surface area contributed by atoms with E-state index in [9.17, 15) is 13.5 Å². The van der Waals surface area contributed by atoms with E-state index >= 15 is 0 Å². The quantitative estimate of drug-likeness (QED) is 0.878. The molecule has 0 saturated heterocycles. The summed E-state index contributed by atoms with van der Waals surface area (Å²) >= 11 is 5.94. The Bertz CT molecular complexity index is 755. The summed E-state index contributed by atoms with van der Waals surface area (Å²) in [7, 11) is -3.20. The molecule has 0 aliphatic rings. The normalized spacial score (nSPS) is 14.4. The highest BCUT2D eigenvalue weighted by Crippen LogP contribution is 2.24. The molecule has 1 unspecified atom stereocenters. The summed E-state index contributed by atoms with van der Waals surface area (Å²) in [6.45, 7) is 1.96. The van der Waals surface area contributed by atoms with E-state index in [0.29, 0.717) is 10.6 Å². The van der Waals surface area contributed by atoms with Crippen molar-refractivity contribution in [3.8, 4) is 0 Å². The summed E-state index contributed by atoms with van der Waals surface area (Å²) in [6, 6.07) is 13.5. The minimum atomic E-state index is -3.20. The van der Waals surface area contributed by atoms with Gasteiger partial charge in [0.1, 0.15) is 5.60 Å². The second-order valence-electron chi connectivity index (χ2n) is 5.43. The van der Waals surface area contributed by atoms with Crippen molar-refractivity contribution in [1.82, 2.24) is 0 Å². The van der Waals surface area contributed by atoms with Crippen LogP contribution in [0.4, 0.5) is 5.69 Å². The van der Waals surface area contributed by atoms with Gasteiger partial charge in [0.25, 0.3) is 0 Å². The molecular formula is C16H18ClNO3S. The van der Waals surface area contributed by atoms with Crippen LogP contribution >= 0.6 is 11.6 Å². The lowest BCUT2D eigenvalue weighted by Crippen LogP contribution is -2.30. The van der Waals surface area contributed by atoms with Crippen LogP contribution in [-0.4, -0.2) is 26.3 Å². The Morgan fingerprint density at radius 1 is 1.18 bits per heavy atom. The van der Waals surface area contributed by atoms with E-state index in [-0.39, 0.29) is 11.4 Å². The number of anilines is 1. The lowest BCUT2D eigenvalue weighted by Gasteiger charge is -2.25. The highest BCUT2D eigenvalue weighted by atomic mass is 35.5. The summed E-state index contributed by atoms with van der Waals surface area (Å²) < 4.78 is 22.8. The van der Waals surface area contributed by atoms with Gasteiger partial charge in [-0.15, -0.1) is 0 Å². The molecule has 2 rings (SSSR count). The van der Waals surface area contributed by atoms with Crippen molar-refractivity contribution >= 4 is 27.1 Å². The molecule has 2 aromatic rings. The van der Waals surface area contributed by atoms with Gasteiger partial charge < -0.3 is 10.4 Å². The third kappa shape index (κ3) is 4.22. The smallest absolute Gasteiger partial charge is 0.175 e. The number of benzene rings is 2. The molecule has 0 bridgehead atoms. The summed E-state index contributed by atoms with van der Waals surface area (Å²) in [5.74, 6) is 0. The Morgan fingerprint density at radius 3 is 2.36 bits per heavy atom. The molecule has 0 saturated carbocycles. The fourth-order valence-corrected chi connectivity index (χ4v) is 2.84. The van der Waals surface area contributed by atoms with Crippen LogP contribution in [0.2, 0.25) is 5.02 Å². The van der Waals surface area contributed by atoms with Crippen LogP contribution in [-0.2, 0) is 15.4 Å². The molecule has 0 heterocycles. The van der Waals surface area contributed by atoms with Crippen LogP contribution < -0.4 is 5.32 Å². The van der Waals surface area contributed by atoms with Crippen LogP contribution in [0, 0.1) is 0 Å². The second-order valence-corrected chi connectivity index (χ2v) is 7.89. The number of hydrogen-bond donors (Lipinski definition) is 2. The fourth-order valence-electron chi connectivity index (χ4n) is 2.02. The molecule has 0 amide bonds. The number of hydrogen-bond acceptors (Lipinski definition) is 4. The molecule has 0 aliphatic heterocycles. The molecule has 1 atom stereocenters. The minimum absolute atomic E-state index is 0.264. The zero-order valence-corrected chi connectivity index (χ0v) is 13.9. The monoisotopic (exact) mass is 339 g/mol. The first-order chi connectivity index (χ1) is 10.2. The van der Waals surface area contributed by atoms with Gasteiger partial charge in [-0.05, 0) is 48.9 Å². The van der Waals surface area contributed by atoms with Gasteiger partial charge in [0, 0.05) is 23.5 Å². The van der Waals surface area contributed by atoms with Crippen LogP contribution in [0.25, 0.3) is 0 Å². The molecule has 0 radical (unpaired) electrons. The highest BCUT2D eigenvalue weighted by Gasteiger charge is 2.23. The molecule has 2 aromatic carbocycles. The van der Waals surface area contributed by atoms with Crippen LogP contribution in [0.15, 0.2) is 53.4 Å². The van der Waals surface area contributed by atoms with Crippen molar-refractivity contribution in [2.75, 3.05) is 18.1 Å². The Balaban J connectivity index is 2.09. The van der Waals surface area contributed by atoms with Crippen molar-refractivity contribution < 1.29 is 13.5 Å². The summed E-state index contributed by atoms with van der Waals surface area (Å²) in [5.41, 5.74) is 0.343. The maximum atomic E-state index is 11.4. The van der Waals surface area contributed by atoms with Gasteiger partial charge in [-0.2, -0.15) is 0 Å². The summed E-state index contributed by atoms with van der Waals surface area (Å²) in [5, 5.41) is 14.2. The van der Waals surface area contributed by atoms with Crippen LogP contribution in [0.5, 0.6) is 0 Å². The van der Waals surface area contributed by atoms with E-state index < -0.39 is 15.4 Å². The molecule has 22 heavy (non-hydrogen) atoms. The van der Waals surface area contributed by atoms with Crippen LogP contribution in [0.3, 0.4) is 0 Å². The molecule has 118 valence electrons. The minimum Gasteiger partial charge on any atom is -0.384 e. The van der Waals surface area contributed by atoms with Gasteiger partial charge in [-0.25, -0.2) is 8.42 Å². The fraction of sp³-hybridized carbons (Fsp3) is 0.250. The maximum Gasteiger partial charge on any atom is 0.175 e. The average molecular weight is 340 g/mol. The molecule has 4 nitrogen and oxygen atoms in total. The molecule has 0 aliphatic carbocycles. The number of aliphatic hydroxyl groups is 1. The molecule has 0 aromatic heterocycles. The van der Waals surface area contributed by atoms with Crippen molar-refractivity contribution in [3.63, 3.8) is 0 Å². The van der Waals surface area contributed by atoms with Gasteiger partial charge in [0.15, 0.2) is 9.84 Å². The van der Waals surface area contributed by atoms with Crippen molar-refractivity contribution in [1.29, 1.82) is 0 Å². The lowest BCUT2D eigenvalue weighted by molar-refractivity contribution is 0.0715. The number of nitrogens with one attached hydrogen (secondary N) is 1. The van der Waals surface area contributed by atoms with E-state index in [1.54, 1.807) is 43.3 Å². The Labute approximate surface area is 135 Å². The Hall–Kier alpha value is -1.56. The predicted molar refractivity (Wildman–Crippen MR) is 89.1 cm³/mol. The molecule has 0 spiro atoms. The average Bonchev–Trinajstić information content (AvgIpc) is 2.45. The number of sulfone groups is 1. The SMILES string of the molecule is CC(O)(CNc1ccc(S(C)(=O)=O)cc1)c1cccc(Cl)c1. The molecule has 0 fully saturated rings. The van der Waals surface area contributed by atoms with E-state index in [2.05, 4.69) is 5.32 Å².